The Morgan fingerprint density at radius 3 is 2.27 bits per heavy atom. The van der Waals surface area contributed by atoms with E-state index in [0.29, 0.717) is 36.0 Å². The summed E-state index contributed by atoms with van der Waals surface area (Å²) in [6, 6.07) is 23.0. The van der Waals surface area contributed by atoms with Crippen molar-refractivity contribution in [3.8, 4) is 22.8 Å². The Morgan fingerprint density at radius 2 is 1.60 bits per heavy atom. The van der Waals surface area contributed by atoms with Gasteiger partial charge in [0.15, 0.2) is 16.3 Å². The van der Waals surface area contributed by atoms with Gasteiger partial charge in [0.1, 0.15) is 0 Å². The van der Waals surface area contributed by atoms with Crippen LogP contribution in [-0.4, -0.2) is 44.6 Å². The zero-order chi connectivity index (χ0) is 28.5. The molecule has 0 unspecified atom stereocenters. The van der Waals surface area contributed by atoms with Gasteiger partial charge in [-0.15, -0.1) is 11.3 Å². The highest BCUT2D eigenvalue weighted by Gasteiger charge is 2.24. The number of aromatic nitrogens is 1. The van der Waals surface area contributed by atoms with Gasteiger partial charge in [0.2, 0.25) is 10.0 Å². The van der Waals surface area contributed by atoms with Gasteiger partial charge in [-0.05, 0) is 61.2 Å². The van der Waals surface area contributed by atoms with Crippen LogP contribution in [0.15, 0.2) is 88.1 Å². The molecular weight excluding hydrogens is 542 g/mol. The fourth-order valence-electron chi connectivity index (χ4n) is 4.57. The maximum absolute atomic E-state index is 13.5. The molecule has 0 aliphatic heterocycles. The number of rotatable bonds is 13. The van der Waals surface area contributed by atoms with E-state index in [0.717, 1.165) is 46.6 Å². The van der Waals surface area contributed by atoms with E-state index >= 15 is 0 Å². The summed E-state index contributed by atoms with van der Waals surface area (Å²) in [5, 5.41) is 2.05. The van der Waals surface area contributed by atoms with Crippen LogP contribution in [0.3, 0.4) is 0 Å². The number of para-hydroxylation sites is 1. The largest absolute Gasteiger partial charge is 0.493 e. The van der Waals surface area contributed by atoms with Crippen LogP contribution >= 0.6 is 11.3 Å². The fourth-order valence-corrected chi connectivity index (χ4v) is 7.20. The Labute approximate surface area is 241 Å². The van der Waals surface area contributed by atoms with Crippen molar-refractivity contribution in [3.05, 3.63) is 88.5 Å². The Kier molecular flexibility index (Phi) is 10.2. The minimum absolute atomic E-state index is 0.311. The molecule has 212 valence electrons. The van der Waals surface area contributed by atoms with Crippen molar-refractivity contribution < 1.29 is 17.9 Å². The van der Waals surface area contributed by atoms with Gasteiger partial charge in [-0.1, -0.05) is 50.2 Å². The topological polar surface area (TPSA) is 73.1 Å². The lowest BCUT2D eigenvalue weighted by Gasteiger charge is -2.21. The number of methoxy groups -OCH3 is 2. The van der Waals surface area contributed by atoms with E-state index in [4.69, 9.17) is 14.5 Å². The zero-order valence-electron chi connectivity index (χ0n) is 23.5. The number of thiazole rings is 1. The van der Waals surface area contributed by atoms with Crippen molar-refractivity contribution in [2.75, 3.05) is 27.3 Å². The normalized spacial score (nSPS) is 12.2. The van der Waals surface area contributed by atoms with Gasteiger partial charge in [-0.2, -0.15) is 4.31 Å². The molecule has 0 N–H and O–H groups in total. The number of nitrogens with zero attached hydrogens (tertiary/aromatic N) is 3. The van der Waals surface area contributed by atoms with Crippen molar-refractivity contribution in [2.24, 2.45) is 4.99 Å². The van der Waals surface area contributed by atoms with E-state index in [-0.39, 0.29) is 0 Å². The Morgan fingerprint density at radius 1 is 0.875 bits per heavy atom. The van der Waals surface area contributed by atoms with Gasteiger partial charge in [-0.25, -0.2) is 13.4 Å². The van der Waals surface area contributed by atoms with Gasteiger partial charge in [-0.3, -0.25) is 0 Å². The number of ether oxygens (including phenoxy) is 2. The number of sulfonamides is 1. The lowest BCUT2D eigenvalue weighted by atomic mass is 10.1. The van der Waals surface area contributed by atoms with Gasteiger partial charge >= 0.3 is 0 Å². The van der Waals surface area contributed by atoms with Crippen LogP contribution in [0.25, 0.3) is 11.3 Å². The lowest BCUT2D eigenvalue weighted by Crippen LogP contribution is -2.32. The molecule has 1 aromatic heterocycles. The molecule has 4 rings (SSSR count). The molecule has 0 radical (unpaired) electrons. The summed E-state index contributed by atoms with van der Waals surface area (Å²) in [6.45, 7) is 5.65. The van der Waals surface area contributed by atoms with Gasteiger partial charge in [0.05, 0.1) is 30.5 Å². The first-order valence-electron chi connectivity index (χ1n) is 13.5. The Balaban J connectivity index is 1.76. The first-order valence-corrected chi connectivity index (χ1v) is 15.8. The SMILES string of the molecule is CCCN(CCC)S(=O)(=O)c1cccc(-c2csc(=Nc3ccccc3)n2CCc2ccc(OC)c(OC)c2)c1. The predicted octanol–water partition coefficient (Wildman–Crippen LogP) is 6.52. The third-order valence-electron chi connectivity index (χ3n) is 6.56. The summed E-state index contributed by atoms with van der Waals surface area (Å²) in [7, 11) is -0.344. The van der Waals surface area contributed by atoms with Crippen LogP contribution < -0.4 is 14.3 Å². The molecule has 0 spiro atoms. The van der Waals surface area contributed by atoms with Crippen LogP contribution in [0.2, 0.25) is 0 Å². The standard InChI is InChI=1S/C31H37N3O4S2/c1-5-18-33(19-6-2)40(35,36)27-14-10-11-25(22-27)28-23-39-31(32-26-12-8-7-9-13-26)34(28)20-17-24-15-16-29(37-3)30(21-24)38-4/h7-16,21-23H,5-6,17-20H2,1-4H3. The number of hydrogen-bond donors (Lipinski definition) is 0. The monoisotopic (exact) mass is 579 g/mol. The molecule has 0 bridgehead atoms. The van der Waals surface area contributed by atoms with E-state index in [9.17, 15) is 8.42 Å². The van der Waals surface area contributed by atoms with Gasteiger partial charge < -0.3 is 14.0 Å². The first kappa shape index (κ1) is 29.6. The molecule has 0 amide bonds. The summed E-state index contributed by atoms with van der Waals surface area (Å²) in [6.07, 6.45) is 2.26. The Hall–Kier alpha value is -3.40. The predicted molar refractivity (Wildman–Crippen MR) is 162 cm³/mol. The van der Waals surface area contributed by atoms with E-state index in [1.54, 1.807) is 42.0 Å². The van der Waals surface area contributed by atoms with Crippen molar-refractivity contribution >= 4 is 27.0 Å². The first-order chi connectivity index (χ1) is 19.4. The molecule has 0 aliphatic carbocycles. The van der Waals surface area contributed by atoms with Crippen molar-refractivity contribution in [2.45, 2.75) is 44.6 Å². The second-order valence-corrected chi connectivity index (χ2v) is 12.1. The second kappa shape index (κ2) is 13.8. The maximum Gasteiger partial charge on any atom is 0.243 e. The van der Waals surface area contributed by atoms with E-state index in [1.165, 1.54) is 0 Å². The molecule has 4 aromatic rings. The van der Waals surface area contributed by atoms with E-state index in [2.05, 4.69) is 9.95 Å². The fraction of sp³-hybridized carbons (Fsp3) is 0.323. The molecule has 0 saturated heterocycles. The molecule has 0 fully saturated rings. The molecule has 9 heteroatoms. The smallest absolute Gasteiger partial charge is 0.243 e. The number of benzene rings is 3. The van der Waals surface area contributed by atoms with Crippen LogP contribution in [0.4, 0.5) is 5.69 Å². The average Bonchev–Trinajstić information content (AvgIpc) is 3.38. The molecule has 0 saturated carbocycles. The van der Waals surface area contributed by atoms with Crippen molar-refractivity contribution in [1.82, 2.24) is 8.87 Å². The number of aryl methyl sites for hydroxylation is 1. The van der Waals surface area contributed by atoms with Crippen molar-refractivity contribution in [1.29, 1.82) is 0 Å². The Bertz CT molecular complexity index is 1570. The molecule has 1 heterocycles. The molecular formula is C31H37N3O4S2. The summed E-state index contributed by atoms with van der Waals surface area (Å²) in [4.78, 5) is 6.07. The highest BCUT2D eigenvalue weighted by molar-refractivity contribution is 7.89. The second-order valence-electron chi connectivity index (χ2n) is 9.37. The maximum atomic E-state index is 13.5. The third kappa shape index (κ3) is 6.83. The summed E-state index contributed by atoms with van der Waals surface area (Å²) >= 11 is 1.54. The van der Waals surface area contributed by atoms with Crippen molar-refractivity contribution in [3.63, 3.8) is 0 Å². The van der Waals surface area contributed by atoms with Gasteiger partial charge in [0.25, 0.3) is 0 Å². The molecule has 40 heavy (non-hydrogen) atoms. The zero-order valence-corrected chi connectivity index (χ0v) is 25.2. The van der Waals surface area contributed by atoms with Crippen LogP contribution in [-0.2, 0) is 23.0 Å². The highest BCUT2D eigenvalue weighted by Crippen LogP contribution is 2.29. The van der Waals surface area contributed by atoms with E-state index < -0.39 is 10.0 Å². The molecule has 3 aromatic carbocycles. The summed E-state index contributed by atoms with van der Waals surface area (Å²) in [5.74, 6) is 1.37. The quantitative estimate of drug-likeness (QED) is 0.181. The highest BCUT2D eigenvalue weighted by atomic mass is 32.2. The van der Waals surface area contributed by atoms with Gasteiger partial charge in [0, 0.05) is 30.6 Å². The molecule has 0 atom stereocenters. The average molecular weight is 580 g/mol. The number of hydrogen-bond acceptors (Lipinski definition) is 6. The minimum atomic E-state index is -3.60. The van der Waals surface area contributed by atoms with Crippen LogP contribution in [0.5, 0.6) is 11.5 Å². The third-order valence-corrected chi connectivity index (χ3v) is 9.32. The lowest BCUT2D eigenvalue weighted by molar-refractivity contribution is 0.354. The molecule has 0 aliphatic rings. The van der Waals surface area contributed by atoms with Crippen LogP contribution in [0.1, 0.15) is 32.3 Å². The van der Waals surface area contributed by atoms with E-state index in [1.807, 2.05) is 74.5 Å². The van der Waals surface area contributed by atoms with Crippen LogP contribution in [0, 0.1) is 0 Å². The molecule has 7 nitrogen and oxygen atoms in total. The minimum Gasteiger partial charge on any atom is -0.493 e. The summed E-state index contributed by atoms with van der Waals surface area (Å²) in [5.41, 5.74) is 3.72. The summed E-state index contributed by atoms with van der Waals surface area (Å²) < 4.78 is 41.7.